The van der Waals surface area contributed by atoms with E-state index in [-0.39, 0.29) is 13.0 Å². The number of benzene rings is 1. The van der Waals surface area contributed by atoms with Crippen LogP contribution in [0.2, 0.25) is 0 Å². The number of carbonyl (C=O) groups is 2. The van der Waals surface area contributed by atoms with Crippen molar-refractivity contribution in [2.75, 3.05) is 0 Å². The van der Waals surface area contributed by atoms with E-state index in [0.29, 0.717) is 5.69 Å². The Balaban J connectivity index is 1.85. The molecule has 0 aliphatic rings. The molecule has 7 heteroatoms. The number of carboxylic acids is 1. The van der Waals surface area contributed by atoms with Gasteiger partial charge in [0.1, 0.15) is 12.6 Å². The van der Waals surface area contributed by atoms with E-state index < -0.39 is 18.1 Å². The molecule has 3 N–H and O–H groups in total. The van der Waals surface area contributed by atoms with Crippen LogP contribution in [0.1, 0.15) is 11.3 Å². The largest absolute Gasteiger partial charge is 0.480 e. The lowest BCUT2D eigenvalue weighted by Gasteiger charge is -2.13. The maximum absolute atomic E-state index is 11.6. The summed E-state index contributed by atoms with van der Waals surface area (Å²) in [7, 11) is 0. The van der Waals surface area contributed by atoms with Gasteiger partial charge in [0.25, 0.3) is 0 Å². The molecule has 1 aromatic heterocycles. The Morgan fingerprint density at radius 2 is 2.10 bits per heavy atom. The number of carboxylic acid groups (broad SMARTS) is 1. The highest BCUT2D eigenvalue weighted by Crippen LogP contribution is 2.02. The number of carbonyl (C=O) groups excluding carboxylic acids is 1. The summed E-state index contributed by atoms with van der Waals surface area (Å²) in [4.78, 5) is 29.4. The van der Waals surface area contributed by atoms with E-state index in [9.17, 15) is 9.59 Å². The predicted octanol–water partition coefficient (Wildman–Crippen LogP) is 1.33. The van der Waals surface area contributed by atoms with Crippen LogP contribution in [-0.4, -0.2) is 33.2 Å². The van der Waals surface area contributed by atoms with Crippen LogP contribution in [0.5, 0.6) is 0 Å². The van der Waals surface area contributed by atoms with Crippen LogP contribution in [-0.2, 0) is 22.6 Å². The van der Waals surface area contributed by atoms with Gasteiger partial charge in [0.05, 0.1) is 6.33 Å². The van der Waals surface area contributed by atoms with Gasteiger partial charge < -0.3 is 20.1 Å². The van der Waals surface area contributed by atoms with Gasteiger partial charge in [0.2, 0.25) is 0 Å². The minimum Gasteiger partial charge on any atom is -0.480 e. The number of hydrogen-bond acceptors (Lipinski definition) is 4. The van der Waals surface area contributed by atoms with Gasteiger partial charge in [0.15, 0.2) is 0 Å². The zero-order chi connectivity index (χ0) is 15.1. The summed E-state index contributed by atoms with van der Waals surface area (Å²) in [6.07, 6.45) is 2.29. The van der Waals surface area contributed by atoms with Crippen molar-refractivity contribution in [3.05, 3.63) is 54.1 Å². The number of aromatic amines is 1. The van der Waals surface area contributed by atoms with Gasteiger partial charge in [-0.15, -0.1) is 0 Å². The summed E-state index contributed by atoms with van der Waals surface area (Å²) in [6, 6.07) is 8.06. The average molecular weight is 289 g/mol. The minimum absolute atomic E-state index is 0.0864. The Bertz CT molecular complexity index is 584. The molecule has 0 fully saturated rings. The maximum Gasteiger partial charge on any atom is 0.408 e. The number of hydrogen-bond donors (Lipinski definition) is 3. The van der Waals surface area contributed by atoms with E-state index in [0.717, 1.165) is 5.56 Å². The average Bonchev–Trinajstić information content (AvgIpc) is 2.98. The van der Waals surface area contributed by atoms with E-state index >= 15 is 0 Å². The van der Waals surface area contributed by atoms with Crippen LogP contribution in [0.15, 0.2) is 42.9 Å². The van der Waals surface area contributed by atoms with Crippen molar-refractivity contribution >= 4 is 12.1 Å². The van der Waals surface area contributed by atoms with Crippen molar-refractivity contribution in [3.63, 3.8) is 0 Å². The number of H-pyrrole nitrogens is 1. The molecule has 1 aromatic carbocycles. The predicted molar refractivity (Wildman–Crippen MR) is 73.5 cm³/mol. The molecule has 0 aliphatic heterocycles. The van der Waals surface area contributed by atoms with E-state index in [1.54, 1.807) is 0 Å². The SMILES string of the molecule is O=C(N[C@H](Cc1cnc[nH]1)C(=O)O)OCc1ccccc1. The molecule has 1 amide bonds. The van der Waals surface area contributed by atoms with Crippen LogP contribution in [0.4, 0.5) is 4.79 Å². The Morgan fingerprint density at radius 1 is 1.33 bits per heavy atom. The number of rotatable bonds is 6. The van der Waals surface area contributed by atoms with Crippen LogP contribution in [0.25, 0.3) is 0 Å². The third kappa shape index (κ3) is 4.64. The third-order valence-corrected chi connectivity index (χ3v) is 2.78. The molecule has 0 spiro atoms. The molecular formula is C14H15N3O4. The monoisotopic (exact) mass is 289 g/mol. The van der Waals surface area contributed by atoms with Crippen LogP contribution in [0.3, 0.4) is 0 Å². The summed E-state index contributed by atoms with van der Waals surface area (Å²) >= 11 is 0. The topological polar surface area (TPSA) is 104 Å². The number of imidazole rings is 1. The summed E-state index contributed by atoms with van der Waals surface area (Å²) in [5.41, 5.74) is 1.44. The van der Waals surface area contributed by atoms with Crippen molar-refractivity contribution in [2.24, 2.45) is 0 Å². The Morgan fingerprint density at radius 3 is 2.71 bits per heavy atom. The summed E-state index contributed by atoms with van der Waals surface area (Å²) in [5.74, 6) is -1.14. The van der Waals surface area contributed by atoms with E-state index in [4.69, 9.17) is 9.84 Å². The highest BCUT2D eigenvalue weighted by Gasteiger charge is 2.21. The third-order valence-electron chi connectivity index (χ3n) is 2.78. The fourth-order valence-electron chi connectivity index (χ4n) is 1.72. The normalized spacial score (nSPS) is 11.6. The van der Waals surface area contributed by atoms with Crippen molar-refractivity contribution < 1.29 is 19.4 Å². The van der Waals surface area contributed by atoms with Crippen molar-refractivity contribution in [2.45, 2.75) is 19.1 Å². The number of aliphatic carboxylic acids is 1. The van der Waals surface area contributed by atoms with Crippen LogP contribution < -0.4 is 5.32 Å². The molecule has 1 heterocycles. The van der Waals surface area contributed by atoms with Crippen molar-refractivity contribution in [1.82, 2.24) is 15.3 Å². The lowest BCUT2D eigenvalue weighted by Crippen LogP contribution is -2.42. The molecule has 0 unspecified atom stereocenters. The molecule has 0 aliphatic carbocycles. The molecule has 7 nitrogen and oxygen atoms in total. The van der Waals surface area contributed by atoms with Crippen LogP contribution >= 0.6 is 0 Å². The molecule has 0 saturated heterocycles. The quantitative estimate of drug-likeness (QED) is 0.744. The second-order valence-electron chi connectivity index (χ2n) is 4.38. The number of nitrogens with one attached hydrogen (secondary N) is 2. The van der Waals surface area contributed by atoms with Gasteiger partial charge in [-0.25, -0.2) is 14.6 Å². The fourth-order valence-corrected chi connectivity index (χ4v) is 1.72. The number of alkyl carbamates (subject to hydrolysis) is 1. The van der Waals surface area contributed by atoms with E-state index in [1.807, 2.05) is 30.3 Å². The van der Waals surface area contributed by atoms with E-state index in [2.05, 4.69) is 15.3 Å². The molecule has 1 atom stereocenters. The van der Waals surface area contributed by atoms with Crippen molar-refractivity contribution in [1.29, 1.82) is 0 Å². The van der Waals surface area contributed by atoms with Gasteiger partial charge in [0, 0.05) is 18.3 Å². The highest BCUT2D eigenvalue weighted by molar-refractivity contribution is 5.80. The smallest absolute Gasteiger partial charge is 0.408 e. The van der Waals surface area contributed by atoms with Gasteiger partial charge in [-0.05, 0) is 5.56 Å². The molecule has 110 valence electrons. The number of aromatic nitrogens is 2. The van der Waals surface area contributed by atoms with Gasteiger partial charge >= 0.3 is 12.1 Å². The second-order valence-corrected chi connectivity index (χ2v) is 4.38. The molecular weight excluding hydrogens is 274 g/mol. The summed E-state index contributed by atoms with van der Waals surface area (Å²) < 4.78 is 4.99. The van der Waals surface area contributed by atoms with Crippen LogP contribution in [0, 0.1) is 0 Å². The Hall–Kier alpha value is -2.83. The molecule has 2 aromatic rings. The molecule has 0 bridgehead atoms. The first-order valence-corrected chi connectivity index (χ1v) is 6.32. The first-order chi connectivity index (χ1) is 10.1. The zero-order valence-electron chi connectivity index (χ0n) is 11.2. The molecule has 0 saturated carbocycles. The van der Waals surface area contributed by atoms with E-state index in [1.165, 1.54) is 12.5 Å². The minimum atomic E-state index is -1.14. The van der Waals surface area contributed by atoms with Crippen molar-refractivity contribution in [3.8, 4) is 0 Å². The first kappa shape index (κ1) is 14.6. The summed E-state index contributed by atoms with van der Waals surface area (Å²) in [5, 5.41) is 11.4. The molecule has 21 heavy (non-hydrogen) atoms. The Labute approximate surface area is 121 Å². The second kappa shape index (κ2) is 7.09. The number of ether oxygens (including phenoxy) is 1. The first-order valence-electron chi connectivity index (χ1n) is 6.32. The summed E-state index contributed by atoms with van der Waals surface area (Å²) in [6.45, 7) is 0.0864. The number of amides is 1. The van der Waals surface area contributed by atoms with Gasteiger partial charge in [-0.2, -0.15) is 0 Å². The maximum atomic E-state index is 11.6. The highest BCUT2D eigenvalue weighted by atomic mass is 16.5. The lowest BCUT2D eigenvalue weighted by molar-refractivity contribution is -0.139. The lowest BCUT2D eigenvalue weighted by atomic mass is 10.2. The fraction of sp³-hybridized carbons (Fsp3) is 0.214. The standard InChI is InChI=1S/C14H15N3O4/c18-13(19)12(6-11-7-15-9-16-11)17-14(20)21-8-10-4-2-1-3-5-10/h1-5,7,9,12H,6,8H2,(H,15,16)(H,17,20)(H,18,19)/t12-/m1/s1. The molecule has 2 rings (SSSR count). The zero-order valence-corrected chi connectivity index (χ0v) is 11.2. The number of nitrogens with zero attached hydrogens (tertiary/aromatic N) is 1. The molecule has 0 radical (unpaired) electrons. The van der Waals surface area contributed by atoms with Gasteiger partial charge in [-0.1, -0.05) is 30.3 Å². The van der Waals surface area contributed by atoms with Gasteiger partial charge in [-0.3, -0.25) is 0 Å². The Kier molecular flexibility index (Phi) is 4.92.